The third-order valence-corrected chi connectivity index (χ3v) is 3.97. The van der Waals surface area contributed by atoms with Gasteiger partial charge in [0.2, 0.25) is 5.91 Å². The van der Waals surface area contributed by atoms with Crippen molar-refractivity contribution in [2.45, 2.75) is 20.4 Å². The van der Waals surface area contributed by atoms with Crippen molar-refractivity contribution in [3.05, 3.63) is 75.8 Å². The average Bonchev–Trinajstić information content (AvgIpc) is 2.54. The molecule has 122 valence electrons. The maximum Gasteiger partial charge on any atom is 0.251 e. The molecule has 24 heavy (non-hydrogen) atoms. The fourth-order valence-corrected chi connectivity index (χ4v) is 2.82. The number of para-hydroxylation sites is 1. The summed E-state index contributed by atoms with van der Waals surface area (Å²) in [6.07, 6.45) is 0. The van der Waals surface area contributed by atoms with Gasteiger partial charge >= 0.3 is 0 Å². The fraction of sp³-hybridized carbons (Fsp3) is 0.158. The number of nitrogens with one attached hydrogen (secondary N) is 1. The van der Waals surface area contributed by atoms with E-state index >= 15 is 0 Å². The van der Waals surface area contributed by atoms with E-state index in [-0.39, 0.29) is 23.8 Å². The molecule has 0 spiro atoms. The smallest absolute Gasteiger partial charge is 0.251 e. The SMILES string of the molecule is Cc1cc(=O)n(CC(=O)Nc2ccc(F)cc2)c2c(C)cccc12. The summed E-state index contributed by atoms with van der Waals surface area (Å²) in [5.74, 6) is -0.707. The summed E-state index contributed by atoms with van der Waals surface area (Å²) in [5, 5.41) is 3.63. The molecule has 0 atom stereocenters. The molecule has 1 aromatic heterocycles. The highest BCUT2D eigenvalue weighted by molar-refractivity contribution is 5.92. The first-order valence-electron chi connectivity index (χ1n) is 7.61. The normalized spacial score (nSPS) is 10.8. The van der Waals surface area contributed by atoms with Crippen LogP contribution in [0.2, 0.25) is 0 Å². The van der Waals surface area contributed by atoms with Crippen molar-refractivity contribution in [1.29, 1.82) is 0 Å². The number of halogens is 1. The highest BCUT2D eigenvalue weighted by Gasteiger charge is 2.12. The van der Waals surface area contributed by atoms with E-state index in [1.165, 1.54) is 34.9 Å². The Bertz CT molecular complexity index is 975. The molecule has 2 aromatic carbocycles. The predicted octanol–water partition coefficient (Wildman–Crippen LogP) is 3.40. The lowest BCUT2D eigenvalue weighted by atomic mass is 10.1. The Labute approximate surface area is 138 Å². The number of anilines is 1. The van der Waals surface area contributed by atoms with Gasteiger partial charge in [-0.1, -0.05) is 18.2 Å². The van der Waals surface area contributed by atoms with E-state index in [4.69, 9.17) is 0 Å². The average molecular weight is 324 g/mol. The van der Waals surface area contributed by atoms with Crippen LogP contribution in [0.15, 0.2) is 53.3 Å². The molecule has 0 unspecified atom stereocenters. The molecule has 0 bridgehead atoms. The first-order chi connectivity index (χ1) is 11.5. The molecule has 5 heteroatoms. The van der Waals surface area contributed by atoms with E-state index in [0.717, 1.165) is 22.0 Å². The summed E-state index contributed by atoms with van der Waals surface area (Å²) in [6, 6.07) is 12.8. The maximum atomic E-state index is 12.9. The van der Waals surface area contributed by atoms with E-state index in [0.29, 0.717) is 5.69 Å². The van der Waals surface area contributed by atoms with E-state index < -0.39 is 0 Å². The van der Waals surface area contributed by atoms with Crippen LogP contribution in [0.25, 0.3) is 10.9 Å². The van der Waals surface area contributed by atoms with Crippen molar-refractivity contribution in [2.75, 3.05) is 5.32 Å². The van der Waals surface area contributed by atoms with E-state index in [9.17, 15) is 14.0 Å². The van der Waals surface area contributed by atoms with Crippen LogP contribution in [0.5, 0.6) is 0 Å². The molecule has 4 nitrogen and oxygen atoms in total. The van der Waals surface area contributed by atoms with Gasteiger partial charge in [0.1, 0.15) is 12.4 Å². The fourth-order valence-electron chi connectivity index (χ4n) is 2.82. The molecule has 0 aliphatic carbocycles. The zero-order valence-corrected chi connectivity index (χ0v) is 13.5. The van der Waals surface area contributed by atoms with Crippen LogP contribution in [0, 0.1) is 19.7 Å². The quantitative estimate of drug-likeness (QED) is 0.803. The van der Waals surface area contributed by atoms with Crippen molar-refractivity contribution >= 4 is 22.5 Å². The molecule has 0 saturated heterocycles. The summed E-state index contributed by atoms with van der Waals surface area (Å²) in [5.41, 5.74) is 2.85. The number of pyridine rings is 1. The number of hydrogen-bond acceptors (Lipinski definition) is 2. The molecule has 0 saturated carbocycles. The molecule has 1 N–H and O–H groups in total. The number of amides is 1. The van der Waals surface area contributed by atoms with E-state index in [1.807, 2.05) is 32.0 Å². The van der Waals surface area contributed by atoms with Gasteiger partial charge in [-0.15, -0.1) is 0 Å². The minimum absolute atomic E-state index is 0.0994. The third kappa shape index (κ3) is 3.06. The number of carbonyl (C=O) groups excluding carboxylic acids is 1. The van der Waals surface area contributed by atoms with Gasteiger partial charge in [0.15, 0.2) is 0 Å². The number of rotatable bonds is 3. The van der Waals surface area contributed by atoms with E-state index in [2.05, 4.69) is 5.32 Å². The molecule has 3 aromatic rings. The van der Waals surface area contributed by atoms with Crippen LogP contribution < -0.4 is 10.9 Å². The molecule has 0 fully saturated rings. The lowest BCUT2D eigenvalue weighted by Crippen LogP contribution is -2.28. The number of nitrogens with zero attached hydrogens (tertiary/aromatic N) is 1. The second kappa shape index (κ2) is 6.28. The number of hydrogen-bond donors (Lipinski definition) is 1. The summed E-state index contributed by atoms with van der Waals surface area (Å²) in [6.45, 7) is 3.69. The van der Waals surface area contributed by atoms with Gasteiger partial charge < -0.3 is 5.32 Å². The van der Waals surface area contributed by atoms with Gasteiger partial charge in [0.25, 0.3) is 5.56 Å². The van der Waals surface area contributed by atoms with Gasteiger partial charge in [-0.3, -0.25) is 14.2 Å². The van der Waals surface area contributed by atoms with Crippen LogP contribution in [0.3, 0.4) is 0 Å². The molecule has 0 radical (unpaired) electrons. The standard InChI is InChI=1S/C19H17FN2O2/c1-12-4-3-5-16-13(2)10-18(24)22(19(12)16)11-17(23)21-15-8-6-14(20)7-9-15/h3-10H,11H2,1-2H3,(H,21,23). The van der Waals surface area contributed by atoms with Crippen molar-refractivity contribution < 1.29 is 9.18 Å². The van der Waals surface area contributed by atoms with Gasteiger partial charge in [0, 0.05) is 17.1 Å². The number of fused-ring (bicyclic) bond motifs is 1. The molecule has 1 amide bonds. The Balaban J connectivity index is 1.96. The minimum atomic E-state index is -0.371. The predicted molar refractivity (Wildman–Crippen MR) is 92.7 cm³/mol. The third-order valence-electron chi connectivity index (χ3n) is 3.97. The topological polar surface area (TPSA) is 51.1 Å². The number of aromatic nitrogens is 1. The summed E-state index contributed by atoms with van der Waals surface area (Å²) >= 11 is 0. The second-order valence-corrected chi connectivity index (χ2v) is 5.78. The van der Waals surface area contributed by atoms with Crippen LogP contribution in [0.4, 0.5) is 10.1 Å². The number of aryl methyl sites for hydroxylation is 2. The number of carbonyl (C=O) groups is 1. The van der Waals surface area contributed by atoms with Crippen molar-refractivity contribution in [3.8, 4) is 0 Å². The maximum absolute atomic E-state index is 12.9. The Hall–Kier alpha value is -2.95. The summed E-state index contributed by atoms with van der Waals surface area (Å²) in [7, 11) is 0. The molecular formula is C19H17FN2O2. The summed E-state index contributed by atoms with van der Waals surface area (Å²) < 4.78 is 14.4. The molecule has 3 rings (SSSR count). The highest BCUT2D eigenvalue weighted by atomic mass is 19.1. The van der Waals surface area contributed by atoms with E-state index in [1.54, 1.807) is 0 Å². The first kappa shape index (κ1) is 15.9. The van der Waals surface area contributed by atoms with Crippen LogP contribution in [-0.4, -0.2) is 10.5 Å². The van der Waals surface area contributed by atoms with Gasteiger partial charge in [0.05, 0.1) is 5.52 Å². The Morgan fingerprint density at radius 1 is 1.08 bits per heavy atom. The molecule has 0 aliphatic rings. The van der Waals surface area contributed by atoms with Gasteiger partial charge in [-0.05, 0) is 49.2 Å². The largest absolute Gasteiger partial charge is 0.325 e. The Morgan fingerprint density at radius 3 is 2.50 bits per heavy atom. The zero-order chi connectivity index (χ0) is 17.3. The first-order valence-corrected chi connectivity index (χ1v) is 7.61. The molecule has 1 heterocycles. The monoisotopic (exact) mass is 324 g/mol. The highest BCUT2D eigenvalue weighted by Crippen LogP contribution is 2.20. The molecular weight excluding hydrogens is 307 g/mol. The van der Waals surface area contributed by atoms with Crippen molar-refractivity contribution in [2.24, 2.45) is 0 Å². The van der Waals surface area contributed by atoms with Crippen molar-refractivity contribution in [1.82, 2.24) is 4.57 Å². The Morgan fingerprint density at radius 2 is 1.79 bits per heavy atom. The zero-order valence-electron chi connectivity index (χ0n) is 13.5. The lowest BCUT2D eigenvalue weighted by Gasteiger charge is -2.14. The van der Waals surface area contributed by atoms with Crippen LogP contribution >= 0.6 is 0 Å². The van der Waals surface area contributed by atoms with Crippen LogP contribution in [0.1, 0.15) is 11.1 Å². The Kier molecular flexibility index (Phi) is 4.16. The number of benzene rings is 2. The van der Waals surface area contributed by atoms with Gasteiger partial charge in [-0.25, -0.2) is 4.39 Å². The summed E-state index contributed by atoms with van der Waals surface area (Å²) in [4.78, 5) is 24.7. The lowest BCUT2D eigenvalue weighted by molar-refractivity contribution is -0.116. The second-order valence-electron chi connectivity index (χ2n) is 5.78. The van der Waals surface area contributed by atoms with Crippen molar-refractivity contribution in [3.63, 3.8) is 0 Å². The molecule has 0 aliphatic heterocycles. The minimum Gasteiger partial charge on any atom is -0.325 e. The van der Waals surface area contributed by atoms with Crippen LogP contribution in [-0.2, 0) is 11.3 Å². The van der Waals surface area contributed by atoms with Gasteiger partial charge in [-0.2, -0.15) is 0 Å².